The molecule has 0 bridgehead atoms. The van der Waals surface area contributed by atoms with Gasteiger partial charge in [0.05, 0.1) is 5.56 Å². The predicted molar refractivity (Wildman–Crippen MR) is 74.6 cm³/mol. The lowest BCUT2D eigenvalue weighted by atomic mass is 9.74. The Morgan fingerprint density at radius 1 is 1.20 bits per heavy atom. The quantitative estimate of drug-likeness (QED) is 0.677. The minimum Gasteiger partial charge on any atom is -0.329 e. The SMILES string of the molecule is Cc1ccc(F)c(C(=O)C2(CN)CCCCCC2)c1F. The Morgan fingerprint density at radius 3 is 2.35 bits per heavy atom. The number of hydrogen-bond donors (Lipinski definition) is 1. The molecule has 0 aromatic heterocycles. The van der Waals surface area contributed by atoms with Gasteiger partial charge in [0.15, 0.2) is 5.78 Å². The van der Waals surface area contributed by atoms with Gasteiger partial charge in [0.1, 0.15) is 11.6 Å². The molecule has 0 amide bonds. The fourth-order valence-electron chi connectivity index (χ4n) is 3.06. The largest absolute Gasteiger partial charge is 0.329 e. The number of ketones is 1. The van der Waals surface area contributed by atoms with E-state index in [1.807, 2.05) is 0 Å². The van der Waals surface area contributed by atoms with Gasteiger partial charge in [0.25, 0.3) is 0 Å². The molecule has 1 aromatic carbocycles. The van der Waals surface area contributed by atoms with E-state index in [-0.39, 0.29) is 12.1 Å². The zero-order valence-corrected chi connectivity index (χ0v) is 11.8. The summed E-state index contributed by atoms with van der Waals surface area (Å²) in [4.78, 5) is 12.7. The summed E-state index contributed by atoms with van der Waals surface area (Å²) in [6.07, 6.45) is 5.11. The molecule has 1 fully saturated rings. The molecule has 1 aliphatic rings. The van der Waals surface area contributed by atoms with Crippen LogP contribution in [0.1, 0.15) is 54.4 Å². The van der Waals surface area contributed by atoms with Gasteiger partial charge in [-0.15, -0.1) is 0 Å². The van der Waals surface area contributed by atoms with E-state index in [1.54, 1.807) is 0 Å². The third-order valence-corrected chi connectivity index (χ3v) is 4.44. The molecule has 0 unspecified atom stereocenters. The number of benzene rings is 1. The first-order valence-corrected chi connectivity index (χ1v) is 7.21. The molecule has 0 atom stereocenters. The van der Waals surface area contributed by atoms with Crippen LogP contribution in [0.2, 0.25) is 0 Å². The van der Waals surface area contributed by atoms with E-state index in [1.165, 1.54) is 13.0 Å². The van der Waals surface area contributed by atoms with Crippen molar-refractivity contribution in [2.75, 3.05) is 6.54 Å². The number of rotatable bonds is 3. The first-order chi connectivity index (χ1) is 9.52. The highest BCUT2D eigenvalue weighted by Gasteiger charge is 2.40. The van der Waals surface area contributed by atoms with Crippen LogP contribution in [0.4, 0.5) is 8.78 Å². The third-order valence-electron chi connectivity index (χ3n) is 4.44. The molecule has 0 heterocycles. The van der Waals surface area contributed by atoms with E-state index >= 15 is 0 Å². The summed E-state index contributed by atoms with van der Waals surface area (Å²) in [7, 11) is 0. The highest BCUT2D eigenvalue weighted by Crippen LogP contribution is 2.38. The predicted octanol–water partition coefficient (Wildman–Crippen LogP) is 3.76. The number of hydrogen-bond acceptors (Lipinski definition) is 2. The highest BCUT2D eigenvalue weighted by molar-refractivity contribution is 6.01. The standard InChI is InChI=1S/C16H21F2NO/c1-11-6-7-12(17)13(14(11)18)15(20)16(10-19)8-4-2-3-5-9-16/h6-7H,2-5,8-10,19H2,1H3. The summed E-state index contributed by atoms with van der Waals surface area (Å²) in [5.41, 5.74) is 4.90. The van der Waals surface area contributed by atoms with Gasteiger partial charge >= 0.3 is 0 Å². The van der Waals surface area contributed by atoms with Gasteiger partial charge in [-0.1, -0.05) is 31.7 Å². The Balaban J connectivity index is 2.45. The molecular weight excluding hydrogens is 260 g/mol. The minimum absolute atomic E-state index is 0.151. The molecule has 2 rings (SSSR count). The molecule has 4 heteroatoms. The number of carbonyl (C=O) groups excluding carboxylic acids is 1. The van der Waals surface area contributed by atoms with E-state index in [2.05, 4.69) is 0 Å². The van der Waals surface area contributed by atoms with Crippen molar-refractivity contribution in [1.29, 1.82) is 0 Å². The van der Waals surface area contributed by atoms with Crippen molar-refractivity contribution in [2.24, 2.45) is 11.1 Å². The van der Waals surface area contributed by atoms with Crippen molar-refractivity contribution < 1.29 is 13.6 Å². The number of aryl methyl sites for hydroxylation is 1. The molecule has 1 aliphatic carbocycles. The van der Waals surface area contributed by atoms with Gasteiger partial charge in [0.2, 0.25) is 0 Å². The summed E-state index contributed by atoms with van der Waals surface area (Å²) in [6, 6.07) is 2.51. The van der Waals surface area contributed by atoms with E-state index in [0.29, 0.717) is 12.8 Å². The number of Topliss-reactive ketones (excluding diaryl/α,β-unsaturated/α-hetero) is 1. The first kappa shape index (κ1) is 15.1. The Kier molecular flexibility index (Phi) is 4.53. The second-order valence-corrected chi connectivity index (χ2v) is 5.78. The highest BCUT2D eigenvalue weighted by atomic mass is 19.1. The average Bonchev–Trinajstić information content (AvgIpc) is 2.69. The van der Waals surface area contributed by atoms with Crippen molar-refractivity contribution >= 4 is 5.78 Å². The second-order valence-electron chi connectivity index (χ2n) is 5.78. The lowest BCUT2D eigenvalue weighted by molar-refractivity contribution is 0.0764. The van der Waals surface area contributed by atoms with Gasteiger partial charge in [-0.05, 0) is 31.4 Å². The molecule has 0 saturated heterocycles. The molecule has 1 aromatic rings. The monoisotopic (exact) mass is 281 g/mol. The molecule has 2 nitrogen and oxygen atoms in total. The fraction of sp³-hybridized carbons (Fsp3) is 0.562. The minimum atomic E-state index is -0.800. The van der Waals surface area contributed by atoms with Crippen LogP contribution in [0.15, 0.2) is 12.1 Å². The normalized spacial score (nSPS) is 18.6. The molecule has 1 saturated carbocycles. The van der Waals surface area contributed by atoms with Crippen LogP contribution in [-0.2, 0) is 0 Å². The third kappa shape index (κ3) is 2.62. The Labute approximate surface area is 118 Å². The maximum Gasteiger partial charge on any atom is 0.176 e. The van der Waals surface area contributed by atoms with E-state index in [4.69, 9.17) is 5.73 Å². The lowest BCUT2D eigenvalue weighted by Gasteiger charge is -2.30. The molecule has 2 N–H and O–H groups in total. The maximum atomic E-state index is 14.2. The Morgan fingerprint density at radius 2 is 1.80 bits per heavy atom. The van der Waals surface area contributed by atoms with Crippen molar-refractivity contribution in [1.82, 2.24) is 0 Å². The Bertz CT molecular complexity index is 505. The van der Waals surface area contributed by atoms with Crippen LogP contribution in [0.5, 0.6) is 0 Å². The summed E-state index contributed by atoms with van der Waals surface area (Å²) < 4.78 is 28.1. The van der Waals surface area contributed by atoms with Gasteiger partial charge < -0.3 is 5.73 Å². The molecule has 0 spiro atoms. The average molecular weight is 281 g/mol. The van der Waals surface area contributed by atoms with Crippen LogP contribution >= 0.6 is 0 Å². The number of nitrogens with two attached hydrogens (primary N) is 1. The molecular formula is C16H21F2NO. The van der Waals surface area contributed by atoms with Crippen LogP contribution < -0.4 is 5.73 Å². The Hall–Kier alpha value is -1.29. The summed E-state index contributed by atoms with van der Waals surface area (Å²) in [5, 5.41) is 0. The molecule has 20 heavy (non-hydrogen) atoms. The zero-order chi connectivity index (χ0) is 14.8. The summed E-state index contributed by atoms with van der Waals surface area (Å²) in [5.74, 6) is -1.98. The van der Waals surface area contributed by atoms with Crippen molar-refractivity contribution in [3.63, 3.8) is 0 Å². The van der Waals surface area contributed by atoms with Crippen molar-refractivity contribution in [3.8, 4) is 0 Å². The maximum absolute atomic E-state index is 14.2. The van der Waals surface area contributed by atoms with Gasteiger partial charge in [0, 0.05) is 12.0 Å². The summed E-state index contributed by atoms with van der Waals surface area (Å²) >= 11 is 0. The van der Waals surface area contributed by atoms with Crippen LogP contribution in [0, 0.1) is 24.0 Å². The van der Waals surface area contributed by atoms with E-state index in [0.717, 1.165) is 31.7 Å². The lowest BCUT2D eigenvalue weighted by Crippen LogP contribution is -2.39. The fourth-order valence-corrected chi connectivity index (χ4v) is 3.06. The van der Waals surface area contributed by atoms with Gasteiger partial charge in [-0.2, -0.15) is 0 Å². The summed E-state index contributed by atoms with van der Waals surface area (Å²) in [6.45, 7) is 1.69. The van der Waals surface area contributed by atoms with E-state index in [9.17, 15) is 13.6 Å². The number of carbonyl (C=O) groups is 1. The molecule has 110 valence electrons. The topological polar surface area (TPSA) is 43.1 Å². The number of halogens is 2. The van der Waals surface area contributed by atoms with Crippen LogP contribution in [0.25, 0.3) is 0 Å². The smallest absolute Gasteiger partial charge is 0.176 e. The van der Waals surface area contributed by atoms with Crippen LogP contribution in [0.3, 0.4) is 0 Å². The second kappa shape index (κ2) is 6.00. The van der Waals surface area contributed by atoms with Crippen LogP contribution in [-0.4, -0.2) is 12.3 Å². The van der Waals surface area contributed by atoms with Gasteiger partial charge in [-0.25, -0.2) is 8.78 Å². The molecule has 0 aliphatic heterocycles. The van der Waals surface area contributed by atoms with Gasteiger partial charge in [-0.3, -0.25) is 4.79 Å². The molecule has 0 radical (unpaired) electrons. The zero-order valence-electron chi connectivity index (χ0n) is 11.8. The van der Waals surface area contributed by atoms with E-state index < -0.39 is 28.4 Å². The first-order valence-electron chi connectivity index (χ1n) is 7.21. The van der Waals surface area contributed by atoms with Crippen molar-refractivity contribution in [2.45, 2.75) is 45.4 Å². The van der Waals surface area contributed by atoms with Crippen molar-refractivity contribution in [3.05, 3.63) is 34.9 Å².